The molecule has 0 amide bonds. The number of anilines is 1. The zero-order valence-corrected chi connectivity index (χ0v) is 17.7. The molecule has 0 aliphatic heterocycles. The maximum absolute atomic E-state index is 13.6. The molecule has 3 aromatic rings. The Morgan fingerprint density at radius 2 is 1.93 bits per heavy atom. The zero-order chi connectivity index (χ0) is 20.9. The molecule has 0 radical (unpaired) electrons. The number of sulfonamides is 1. The highest BCUT2D eigenvalue weighted by molar-refractivity contribution is 7.89. The van der Waals surface area contributed by atoms with Gasteiger partial charge in [-0.3, -0.25) is 5.43 Å². The van der Waals surface area contributed by atoms with Crippen LogP contribution < -0.4 is 5.43 Å². The number of hydrazone groups is 1. The van der Waals surface area contributed by atoms with Crippen molar-refractivity contribution in [3.63, 3.8) is 0 Å². The van der Waals surface area contributed by atoms with Gasteiger partial charge in [0, 0.05) is 29.6 Å². The van der Waals surface area contributed by atoms with Gasteiger partial charge < -0.3 is 0 Å². The molecule has 1 aromatic heterocycles. The summed E-state index contributed by atoms with van der Waals surface area (Å²) in [6, 6.07) is 13.0. The molecule has 6 nitrogen and oxygen atoms in total. The van der Waals surface area contributed by atoms with Crippen LogP contribution >= 0.6 is 11.3 Å². The van der Waals surface area contributed by atoms with Gasteiger partial charge in [0.2, 0.25) is 15.2 Å². The van der Waals surface area contributed by atoms with Crippen molar-refractivity contribution < 1.29 is 12.8 Å². The number of rotatable bonds is 8. The molecule has 0 fully saturated rings. The normalized spacial score (nSPS) is 12.0. The fourth-order valence-corrected chi connectivity index (χ4v) is 4.90. The molecule has 0 aliphatic carbocycles. The van der Waals surface area contributed by atoms with E-state index in [2.05, 4.69) is 15.5 Å². The molecule has 1 heterocycles. The molecule has 9 heteroatoms. The molecule has 0 aliphatic rings. The molecule has 0 bridgehead atoms. The molecule has 0 saturated heterocycles. The molecule has 0 unspecified atom stereocenters. The topological polar surface area (TPSA) is 74.7 Å². The van der Waals surface area contributed by atoms with Crippen molar-refractivity contribution in [3.8, 4) is 11.3 Å². The van der Waals surface area contributed by atoms with Gasteiger partial charge in [0.25, 0.3) is 0 Å². The second-order valence-corrected chi connectivity index (χ2v) is 8.84. The second-order valence-electron chi connectivity index (χ2n) is 6.05. The SMILES string of the molecule is CCN(CC)S(=O)(=O)c1cccc(-c2csc(N/N=C/c3ccccc3F)n2)c1. The van der Waals surface area contributed by atoms with E-state index in [9.17, 15) is 12.8 Å². The van der Waals surface area contributed by atoms with Gasteiger partial charge >= 0.3 is 0 Å². The Morgan fingerprint density at radius 1 is 1.17 bits per heavy atom. The minimum Gasteiger partial charge on any atom is -0.253 e. The Kier molecular flexibility index (Phi) is 6.73. The van der Waals surface area contributed by atoms with E-state index in [4.69, 9.17) is 0 Å². The van der Waals surface area contributed by atoms with E-state index in [1.54, 1.807) is 36.4 Å². The van der Waals surface area contributed by atoms with Gasteiger partial charge in [-0.25, -0.2) is 17.8 Å². The maximum Gasteiger partial charge on any atom is 0.243 e. The first-order valence-electron chi connectivity index (χ1n) is 9.05. The van der Waals surface area contributed by atoms with E-state index < -0.39 is 10.0 Å². The second kappa shape index (κ2) is 9.25. The number of hydrogen-bond donors (Lipinski definition) is 1. The van der Waals surface area contributed by atoms with E-state index in [-0.39, 0.29) is 10.7 Å². The van der Waals surface area contributed by atoms with E-state index in [0.717, 1.165) is 0 Å². The summed E-state index contributed by atoms with van der Waals surface area (Å²) in [4.78, 5) is 4.67. The van der Waals surface area contributed by atoms with Crippen molar-refractivity contribution in [2.45, 2.75) is 18.7 Å². The van der Waals surface area contributed by atoms with E-state index in [0.29, 0.717) is 35.0 Å². The first kappa shape index (κ1) is 21.1. The summed E-state index contributed by atoms with van der Waals surface area (Å²) in [6.07, 6.45) is 1.38. The predicted molar refractivity (Wildman–Crippen MR) is 115 cm³/mol. The largest absolute Gasteiger partial charge is 0.253 e. The van der Waals surface area contributed by atoms with Crippen LogP contribution in [-0.2, 0) is 10.0 Å². The predicted octanol–water partition coefficient (Wildman–Crippen LogP) is 4.43. The fourth-order valence-electron chi connectivity index (χ4n) is 2.72. The minimum atomic E-state index is -3.54. The van der Waals surface area contributed by atoms with Crippen molar-refractivity contribution in [3.05, 3.63) is 65.3 Å². The average molecular weight is 433 g/mol. The zero-order valence-electron chi connectivity index (χ0n) is 16.0. The van der Waals surface area contributed by atoms with Crippen LogP contribution in [0.25, 0.3) is 11.3 Å². The van der Waals surface area contributed by atoms with Crippen molar-refractivity contribution in [1.82, 2.24) is 9.29 Å². The van der Waals surface area contributed by atoms with Crippen molar-refractivity contribution in [1.29, 1.82) is 0 Å². The minimum absolute atomic E-state index is 0.235. The van der Waals surface area contributed by atoms with Gasteiger partial charge in [0.05, 0.1) is 16.8 Å². The summed E-state index contributed by atoms with van der Waals surface area (Å²) in [6.45, 7) is 4.44. The van der Waals surface area contributed by atoms with Crippen LogP contribution in [0.2, 0.25) is 0 Å². The molecule has 29 heavy (non-hydrogen) atoms. The number of nitrogens with zero attached hydrogens (tertiary/aromatic N) is 3. The summed E-state index contributed by atoms with van der Waals surface area (Å²) < 4.78 is 40.5. The van der Waals surface area contributed by atoms with Crippen molar-refractivity contribution in [2.24, 2.45) is 5.10 Å². The quantitative estimate of drug-likeness (QED) is 0.422. The van der Waals surface area contributed by atoms with Gasteiger partial charge in [-0.05, 0) is 18.2 Å². The molecule has 152 valence electrons. The molecule has 0 atom stereocenters. The van der Waals surface area contributed by atoms with Crippen molar-refractivity contribution >= 4 is 32.7 Å². The van der Waals surface area contributed by atoms with Crippen LogP contribution in [0.4, 0.5) is 9.52 Å². The van der Waals surface area contributed by atoms with Gasteiger partial charge in [-0.1, -0.05) is 44.2 Å². The monoisotopic (exact) mass is 432 g/mol. The Morgan fingerprint density at radius 3 is 2.66 bits per heavy atom. The van der Waals surface area contributed by atoms with Crippen LogP contribution in [0.3, 0.4) is 0 Å². The van der Waals surface area contributed by atoms with Gasteiger partial charge in [-0.2, -0.15) is 9.41 Å². The summed E-state index contributed by atoms with van der Waals surface area (Å²) in [5.74, 6) is -0.357. The van der Waals surface area contributed by atoms with Gasteiger partial charge in [0.15, 0.2) is 0 Å². The number of hydrogen-bond acceptors (Lipinski definition) is 6. The van der Waals surface area contributed by atoms with Crippen LogP contribution in [0.1, 0.15) is 19.4 Å². The lowest BCUT2D eigenvalue weighted by Gasteiger charge is -2.18. The summed E-state index contributed by atoms with van der Waals surface area (Å²) in [5, 5.41) is 6.34. The standard InChI is InChI=1S/C20H21FN4O2S2/c1-3-25(4-2)29(26,27)17-10-7-9-15(12-17)19-14-28-20(23-19)24-22-13-16-8-5-6-11-18(16)21/h5-14H,3-4H2,1-2H3,(H,23,24)/b22-13+. The third kappa shape index (κ3) is 4.87. The van der Waals surface area contributed by atoms with Gasteiger partial charge in [0.1, 0.15) is 5.82 Å². The molecule has 0 spiro atoms. The summed E-state index contributed by atoms with van der Waals surface area (Å²) in [7, 11) is -3.54. The first-order chi connectivity index (χ1) is 14.0. The highest BCUT2D eigenvalue weighted by Crippen LogP contribution is 2.27. The lowest BCUT2D eigenvalue weighted by Crippen LogP contribution is -2.30. The number of halogens is 1. The first-order valence-corrected chi connectivity index (χ1v) is 11.4. The molecule has 2 aromatic carbocycles. The van der Waals surface area contributed by atoms with Crippen LogP contribution in [0.15, 0.2) is 63.9 Å². The lowest BCUT2D eigenvalue weighted by atomic mass is 10.2. The third-order valence-corrected chi connectivity index (χ3v) is 7.04. The molecule has 1 N–H and O–H groups in total. The smallest absolute Gasteiger partial charge is 0.243 e. The van der Waals surface area contributed by atoms with Crippen LogP contribution in [0, 0.1) is 5.82 Å². The number of thiazole rings is 1. The Balaban J connectivity index is 1.78. The van der Waals surface area contributed by atoms with E-state index in [1.165, 1.54) is 27.9 Å². The lowest BCUT2D eigenvalue weighted by molar-refractivity contribution is 0.445. The highest BCUT2D eigenvalue weighted by atomic mass is 32.2. The van der Waals surface area contributed by atoms with E-state index in [1.807, 2.05) is 25.3 Å². The van der Waals surface area contributed by atoms with Gasteiger partial charge in [-0.15, -0.1) is 11.3 Å². The van der Waals surface area contributed by atoms with E-state index >= 15 is 0 Å². The summed E-state index contributed by atoms with van der Waals surface area (Å²) >= 11 is 1.32. The molecule has 0 saturated carbocycles. The Labute approximate surface area is 173 Å². The van der Waals surface area contributed by atoms with Crippen LogP contribution in [-0.4, -0.2) is 37.0 Å². The average Bonchev–Trinajstić information content (AvgIpc) is 3.19. The number of nitrogens with one attached hydrogen (secondary N) is 1. The molecular formula is C20H21FN4O2S2. The Hall–Kier alpha value is -2.62. The molecule has 3 rings (SSSR count). The maximum atomic E-state index is 13.6. The fraction of sp³-hybridized carbons (Fsp3) is 0.200. The third-order valence-electron chi connectivity index (χ3n) is 4.25. The highest BCUT2D eigenvalue weighted by Gasteiger charge is 2.22. The molecular weight excluding hydrogens is 411 g/mol. The Bertz CT molecular complexity index is 1110. The van der Waals surface area contributed by atoms with Crippen molar-refractivity contribution in [2.75, 3.05) is 18.5 Å². The number of aromatic nitrogens is 1. The number of benzene rings is 2. The van der Waals surface area contributed by atoms with Crippen LogP contribution in [0.5, 0.6) is 0 Å². The summed E-state index contributed by atoms with van der Waals surface area (Å²) in [5.41, 5.74) is 4.47.